The van der Waals surface area contributed by atoms with Crippen molar-refractivity contribution >= 4 is 29.0 Å². The maximum absolute atomic E-state index is 11.9. The highest BCUT2D eigenvalue weighted by Gasteiger charge is 2.13. The Balaban J connectivity index is 1.99. The predicted octanol–water partition coefficient (Wildman–Crippen LogP) is 1.47. The van der Waals surface area contributed by atoms with E-state index in [1.807, 2.05) is 13.8 Å². The van der Waals surface area contributed by atoms with E-state index < -0.39 is 0 Å². The molecule has 0 atom stereocenters. The van der Waals surface area contributed by atoms with Crippen LogP contribution in [0.5, 0.6) is 0 Å². The van der Waals surface area contributed by atoms with E-state index in [-0.39, 0.29) is 23.4 Å². The molecule has 0 saturated carbocycles. The zero-order valence-corrected chi connectivity index (χ0v) is 12.6. The number of H-pyrrole nitrogens is 1. The highest BCUT2D eigenvalue weighted by atomic mass is 32.2. The summed E-state index contributed by atoms with van der Waals surface area (Å²) in [6.07, 6.45) is 0. The van der Waals surface area contributed by atoms with Gasteiger partial charge in [0.15, 0.2) is 5.16 Å². The Morgan fingerprint density at radius 1 is 1.48 bits per heavy atom. The summed E-state index contributed by atoms with van der Waals surface area (Å²) in [5, 5.41) is 9.52. The van der Waals surface area contributed by atoms with E-state index in [9.17, 15) is 9.59 Å². The third-order valence-electron chi connectivity index (χ3n) is 2.76. The molecule has 1 amide bonds. The molecule has 0 unspecified atom stereocenters. The minimum absolute atomic E-state index is 0.0217. The molecule has 8 heteroatoms. The SMILES string of the molecule is CC(C)n1c(SCC(=O)Nc2ccccc2N)n[nH]c1=O. The van der Waals surface area contributed by atoms with E-state index in [2.05, 4.69) is 15.5 Å². The second-order valence-electron chi connectivity index (χ2n) is 4.70. The van der Waals surface area contributed by atoms with Crippen LogP contribution in [-0.4, -0.2) is 26.4 Å². The lowest BCUT2D eigenvalue weighted by molar-refractivity contribution is -0.113. The summed E-state index contributed by atoms with van der Waals surface area (Å²) in [6, 6.07) is 7.02. The molecule has 0 fully saturated rings. The van der Waals surface area contributed by atoms with Crippen LogP contribution in [0.15, 0.2) is 34.2 Å². The van der Waals surface area contributed by atoms with Gasteiger partial charge in [-0.1, -0.05) is 23.9 Å². The Hall–Kier alpha value is -2.22. The molecule has 0 spiro atoms. The number of aromatic amines is 1. The lowest BCUT2D eigenvalue weighted by atomic mass is 10.3. The van der Waals surface area contributed by atoms with Crippen LogP contribution in [0.3, 0.4) is 0 Å². The molecule has 0 aliphatic carbocycles. The summed E-state index contributed by atoms with van der Waals surface area (Å²) < 4.78 is 1.51. The topological polar surface area (TPSA) is 106 Å². The number of rotatable bonds is 5. The molecule has 112 valence electrons. The molecule has 7 nitrogen and oxygen atoms in total. The minimum Gasteiger partial charge on any atom is -0.397 e. The molecule has 2 rings (SSSR count). The highest BCUT2D eigenvalue weighted by molar-refractivity contribution is 7.99. The molecule has 0 bridgehead atoms. The number of nitrogens with two attached hydrogens (primary N) is 1. The molecular weight excluding hydrogens is 290 g/mol. The van der Waals surface area contributed by atoms with Gasteiger partial charge in [0.25, 0.3) is 0 Å². The first-order valence-corrected chi connectivity index (χ1v) is 7.41. The second-order valence-corrected chi connectivity index (χ2v) is 5.64. The number of nitrogen functional groups attached to an aromatic ring is 1. The number of aromatic nitrogens is 3. The number of benzene rings is 1. The van der Waals surface area contributed by atoms with Crippen molar-refractivity contribution in [3.63, 3.8) is 0 Å². The van der Waals surface area contributed by atoms with Crippen molar-refractivity contribution in [1.82, 2.24) is 14.8 Å². The van der Waals surface area contributed by atoms with Crippen molar-refractivity contribution in [3.8, 4) is 0 Å². The Kier molecular flexibility index (Phi) is 4.69. The van der Waals surface area contributed by atoms with Crippen molar-refractivity contribution in [1.29, 1.82) is 0 Å². The molecule has 2 aromatic rings. The van der Waals surface area contributed by atoms with Gasteiger partial charge in [0.2, 0.25) is 5.91 Å². The first kappa shape index (κ1) is 15.2. The molecular formula is C13H17N5O2S. The van der Waals surface area contributed by atoms with Gasteiger partial charge in [0, 0.05) is 6.04 Å². The Bertz CT molecular complexity index is 692. The molecule has 0 aliphatic heterocycles. The van der Waals surface area contributed by atoms with E-state index in [1.54, 1.807) is 24.3 Å². The summed E-state index contributed by atoms with van der Waals surface area (Å²) in [5.74, 6) is -0.0608. The fourth-order valence-electron chi connectivity index (χ4n) is 1.77. The number of hydrogen-bond donors (Lipinski definition) is 3. The molecule has 21 heavy (non-hydrogen) atoms. The zero-order chi connectivity index (χ0) is 15.4. The third-order valence-corrected chi connectivity index (χ3v) is 3.71. The normalized spacial score (nSPS) is 10.8. The van der Waals surface area contributed by atoms with Gasteiger partial charge >= 0.3 is 5.69 Å². The first-order chi connectivity index (χ1) is 9.99. The van der Waals surface area contributed by atoms with E-state index in [4.69, 9.17) is 5.73 Å². The number of nitrogens with zero attached hydrogens (tertiary/aromatic N) is 2. The smallest absolute Gasteiger partial charge is 0.344 e. The number of thioether (sulfide) groups is 1. The average molecular weight is 307 g/mol. The number of carbonyl (C=O) groups excluding carboxylic acids is 1. The lowest BCUT2D eigenvalue weighted by Gasteiger charge is -2.09. The van der Waals surface area contributed by atoms with Crippen LogP contribution in [0.2, 0.25) is 0 Å². The van der Waals surface area contributed by atoms with E-state index in [0.29, 0.717) is 16.5 Å². The van der Waals surface area contributed by atoms with Gasteiger partial charge in [-0.25, -0.2) is 9.89 Å². The van der Waals surface area contributed by atoms with E-state index in [0.717, 1.165) is 0 Å². The average Bonchev–Trinajstić information content (AvgIpc) is 2.80. The molecule has 0 radical (unpaired) electrons. The molecule has 4 N–H and O–H groups in total. The second kappa shape index (κ2) is 6.49. The van der Waals surface area contributed by atoms with Gasteiger partial charge in [-0.05, 0) is 26.0 Å². The number of carbonyl (C=O) groups is 1. The first-order valence-electron chi connectivity index (χ1n) is 6.43. The number of para-hydroxylation sites is 2. The number of anilines is 2. The number of nitrogens with one attached hydrogen (secondary N) is 2. The minimum atomic E-state index is -0.278. The maximum atomic E-state index is 11.9. The monoisotopic (exact) mass is 307 g/mol. The fourth-order valence-corrected chi connectivity index (χ4v) is 2.65. The molecule has 1 aromatic carbocycles. The third kappa shape index (κ3) is 3.66. The summed E-state index contributed by atoms with van der Waals surface area (Å²) in [7, 11) is 0. The molecule has 0 aliphatic rings. The van der Waals surface area contributed by atoms with Gasteiger partial charge < -0.3 is 11.1 Å². The van der Waals surface area contributed by atoms with Crippen LogP contribution >= 0.6 is 11.8 Å². The highest BCUT2D eigenvalue weighted by Crippen LogP contribution is 2.19. The summed E-state index contributed by atoms with van der Waals surface area (Å²) in [6.45, 7) is 3.76. The van der Waals surface area contributed by atoms with Gasteiger partial charge in [-0.15, -0.1) is 5.10 Å². The molecule has 1 heterocycles. The van der Waals surface area contributed by atoms with Gasteiger partial charge in [-0.2, -0.15) is 0 Å². The van der Waals surface area contributed by atoms with Crippen LogP contribution in [0.1, 0.15) is 19.9 Å². The summed E-state index contributed by atoms with van der Waals surface area (Å²) in [5.41, 5.74) is 6.57. The van der Waals surface area contributed by atoms with Crippen LogP contribution in [0, 0.1) is 0 Å². The standard InChI is InChI=1S/C13H17N5O2S/c1-8(2)18-12(20)16-17-13(18)21-7-11(19)15-10-6-4-3-5-9(10)14/h3-6,8H,7,14H2,1-2H3,(H,15,19)(H,16,20). The zero-order valence-electron chi connectivity index (χ0n) is 11.8. The summed E-state index contributed by atoms with van der Waals surface area (Å²) >= 11 is 1.20. The summed E-state index contributed by atoms with van der Waals surface area (Å²) in [4.78, 5) is 23.5. The molecule has 1 aromatic heterocycles. The maximum Gasteiger partial charge on any atom is 0.344 e. The van der Waals surface area contributed by atoms with Crippen molar-refractivity contribution < 1.29 is 4.79 Å². The largest absolute Gasteiger partial charge is 0.397 e. The van der Waals surface area contributed by atoms with Crippen molar-refractivity contribution in [2.45, 2.75) is 25.0 Å². The quantitative estimate of drug-likeness (QED) is 0.573. The number of hydrogen-bond acceptors (Lipinski definition) is 5. The van der Waals surface area contributed by atoms with Gasteiger partial charge in [0.05, 0.1) is 17.1 Å². The molecule has 0 saturated heterocycles. The Morgan fingerprint density at radius 2 is 2.19 bits per heavy atom. The number of amides is 1. The Morgan fingerprint density at radius 3 is 2.86 bits per heavy atom. The van der Waals surface area contributed by atoms with Gasteiger partial charge in [-0.3, -0.25) is 9.36 Å². The fraction of sp³-hybridized carbons (Fsp3) is 0.308. The van der Waals surface area contributed by atoms with E-state index >= 15 is 0 Å². The van der Waals surface area contributed by atoms with Crippen LogP contribution in [-0.2, 0) is 4.79 Å². The Labute approximate surface area is 125 Å². The van der Waals surface area contributed by atoms with Crippen molar-refractivity contribution in [2.24, 2.45) is 0 Å². The van der Waals surface area contributed by atoms with E-state index in [1.165, 1.54) is 16.3 Å². The van der Waals surface area contributed by atoms with Crippen LogP contribution < -0.4 is 16.7 Å². The van der Waals surface area contributed by atoms with Gasteiger partial charge in [0.1, 0.15) is 0 Å². The predicted molar refractivity (Wildman–Crippen MR) is 83.4 cm³/mol. The van der Waals surface area contributed by atoms with Crippen LogP contribution in [0.4, 0.5) is 11.4 Å². The van der Waals surface area contributed by atoms with Crippen LogP contribution in [0.25, 0.3) is 0 Å². The van der Waals surface area contributed by atoms with Crippen molar-refractivity contribution in [2.75, 3.05) is 16.8 Å². The lowest BCUT2D eigenvalue weighted by Crippen LogP contribution is -2.20. The van der Waals surface area contributed by atoms with Crippen molar-refractivity contribution in [3.05, 3.63) is 34.7 Å².